The van der Waals surface area contributed by atoms with Gasteiger partial charge in [-0.1, -0.05) is 19.3 Å². The van der Waals surface area contributed by atoms with Gasteiger partial charge in [-0.25, -0.2) is 4.72 Å². The van der Waals surface area contributed by atoms with Crippen molar-refractivity contribution in [3.8, 4) is 0 Å². The van der Waals surface area contributed by atoms with Crippen LogP contribution in [0.3, 0.4) is 0 Å². The van der Waals surface area contributed by atoms with Gasteiger partial charge in [0.05, 0.1) is 5.41 Å². The lowest BCUT2D eigenvalue weighted by Gasteiger charge is -2.33. The van der Waals surface area contributed by atoms with Crippen LogP contribution < -0.4 is 9.44 Å². The lowest BCUT2D eigenvalue weighted by atomic mass is 9.74. The van der Waals surface area contributed by atoms with E-state index in [2.05, 4.69) is 9.44 Å². The minimum atomic E-state index is -3.55. The maximum atomic E-state index is 11.7. The zero-order chi connectivity index (χ0) is 13.2. The maximum Gasteiger partial charge on any atom is 0.310 e. The molecule has 0 aromatic rings. The number of rotatable bonds is 6. The van der Waals surface area contributed by atoms with E-state index in [0.29, 0.717) is 12.8 Å². The minimum Gasteiger partial charge on any atom is -0.481 e. The van der Waals surface area contributed by atoms with E-state index >= 15 is 0 Å². The minimum absolute atomic E-state index is 0.00954. The molecule has 18 heavy (non-hydrogen) atoms. The SMILES string of the molecule is O=C(O)C1(CNS(=O)(=O)NC2CC2)CCCCC1. The summed E-state index contributed by atoms with van der Waals surface area (Å²) in [6.45, 7) is -0.00954. The van der Waals surface area contributed by atoms with Crippen LogP contribution in [-0.2, 0) is 15.0 Å². The Morgan fingerprint density at radius 2 is 1.83 bits per heavy atom. The highest BCUT2D eigenvalue weighted by Crippen LogP contribution is 2.36. The first-order valence-corrected chi connectivity index (χ1v) is 7.92. The number of hydrogen-bond donors (Lipinski definition) is 3. The van der Waals surface area contributed by atoms with Gasteiger partial charge in [0.15, 0.2) is 0 Å². The third kappa shape index (κ3) is 3.43. The number of aliphatic carboxylic acids is 1. The molecule has 7 heteroatoms. The van der Waals surface area contributed by atoms with Gasteiger partial charge in [0, 0.05) is 12.6 Å². The van der Waals surface area contributed by atoms with Crippen LogP contribution in [0, 0.1) is 5.41 Å². The Labute approximate surface area is 107 Å². The van der Waals surface area contributed by atoms with Crippen LogP contribution in [-0.4, -0.2) is 32.1 Å². The Morgan fingerprint density at radius 1 is 1.22 bits per heavy atom. The molecule has 0 atom stereocenters. The van der Waals surface area contributed by atoms with Crippen molar-refractivity contribution in [1.82, 2.24) is 9.44 Å². The second-order valence-corrected chi connectivity index (χ2v) is 6.89. The molecule has 0 aromatic heterocycles. The van der Waals surface area contributed by atoms with Crippen molar-refractivity contribution in [3.63, 3.8) is 0 Å². The van der Waals surface area contributed by atoms with Crippen LogP contribution in [0.4, 0.5) is 0 Å². The molecule has 0 radical (unpaired) electrons. The van der Waals surface area contributed by atoms with Gasteiger partial charge in [-0.3, -0.25) is 4.79 Å². The highest BCUT2D eigenvalue weighted by atomic mass is 32.2. The van der Waals surface area contributed by atoms with E-state index in [-0.39, 0.29) is 12.6 Å². The van der Waals surface area contributed by atoms with Crippen LogP contribution in [0.25, 0.3) is 0 Å². The molecule has 6 nitrogen and oxygen atoms in total. The summed E-state index contributed by atoms with van der Waals surface area (Å²) < 4.78 is 28.2. The zero-order valence-electron chi connectivity index (χ0n) is 10.3. The number of nitrogens with one attached hydrogen (secondary N) is 2. The number of carbonyl (C=O) groups is 1. The predicted molar refractivity (Wildman–Crippen MR) is 66.2 cm³/mol. The van der Waals surface area contributed by atoms with E-state index in [1.165, 1.54) is 0 Å². The van der Waals surface area contributed by atoms with Crippen LogP contribution in [0.5, 0.6) is 0 Å². The molecule has 0 aromatic carbocycles. The molecule has 2 aliphatic rings. The van der Waals surface area contributed by atoms with E-state index in [0.717, 1.165) is 32.1 Å². The Hall–Kier alpha value is -0.660. The average Bonchev–Trinajstić information content (AvgIpc) is 3.11. The Kier molecular flexibility index (Phi) is 3.93. The van der Waals surface area contributed by atoms with E-state index in [1.807, 2.05) is 0 Å². The van der Waals surface area contributed by atoms with Crippen LogP contribution in [0.2, 0.25) is 0 Å². The van der Waals surface area contributed by atoms with Gasteiger partial charge in [-0.05, 0) is 25.7 Å². The molecular formula is C11H20N2O4S. The largest absolute Gasteiger partial charge is 0.481 e. The quantitative estimate of drug-likeness (QED) is 0.662. The van der Waals surface area contributed by atoms with Gasteiger partial charge in [0.1, 0.15) is 0 Å². The van der Waals surface area contributed by atoms with E-state index in [1.54, 1.807) is 0 Å². The number of carboxylic acids is 1. The summed E-state index contributed by atoms with van der Waals surface area (Å²) in [6, 6.07) is 0.0367. The second-order valence-electron chi connectivity index (χ2n) is 5.36. The lowest BCUT2D eigenvalue weighted by molar-refractivity contribution is -0.150. The highest BCUT2D eigenvalue weighted by molar-refractivity contribution is 7.87. The standard InChI is InChI=1S/C11H20N2O4S/c14-10(15)11(6-2-1-3-7-11)8-12-18(16,17)13-9-4-5-9/h9,12-13H,1-8H2,(H,14,15). The number of carboxylic acid groups (broad SMARTS) is 1. The fourth-order valence-electron chi connectivity index (χ4n) is 2.39. The fourth-order valence-corrected chi connectivity index (χ4v) is 3.61. The van der Waals surface area contributed by atoms with Gasteiger partial charge in [-0.2, -0.15) is 13.1 Å². The molecule has 3 N–H and O–H groups in total. The number of hydrogen-bond acceptors (Lipinski definition) is 3. The van der Waals surface area contributed by atoms with Crippen LogP contribution in [0.1, 0.15) is 44.9 Å². The van der Waals surface area contributed by atoms with Crippen LogP contribution in [0.15, 0.2) is 0 Å². The molecule has 0 aliphatic heterocycles. The molecule has 0 saturated heterocycles. The monoisotopic (exact) mass is 276 g/mol. The third-order valence-corrected chi connectivity index (χ3v) is 4.93. The van der Waals surface area contributed by atoms with Crippen molar-refractivity contribution in [1.29, 1.82) is 0 Å². The Bertz CT molecular complexity index is 411. The van der Waals surface area contributed by atoms with E-state index < -0.39 is 21.6 Å². The summed E-state index contributed by atoms with van der Waals surface area (Å²) in [5.41, 5.74) is -0.920. The summed E-state index contributed by atoms with van der Waals surface area (Å²) in [4.78, 5) is 11.4. The summed E-state index contributed by atoms with van der Waals surface area (Å²) >= 11 is 0. The molecule has 2 aliphatic carbocycles. The molecule has 2 saturated carbocycles. The van der Waals surface area contributed by atoms with Gasteiger partial charge < -0.3 is 5.11 Å². The van der Waals surface area contributed by atoms with Crippen LogP contribution >= 0.6 is 0 Å². The first kappa shape index (κ1) is 13.8. The summed E-state index contributed by atoms with van der Waals surface area (Å²) in [7, 11) is -3.55. The maximum absolute atomic E-state index is 11.7. The molecule has 2 rings (SSSR count). The van der Waals surface area contributed by atoms with Crippen molar-refractivity contribution in [2.75, 3.05) is 6.54 Å². The molecule has 0 bridgehead atoms. The molecule has 0 unspecified atom stereocenters. The summed E-state index contributed by atoms with van der Waals surface area (Å²) in [5.74, 6) is -0.892. The van der Waals surface area contributed by atoms with Gasteiger partial charge in [0.25, 0.3) is 10.2 Å². The molecule has 104 valence electrons. The fraction of sp³-hybridized carbons (Fsp3) is 0.909. The van der Waals surface area contributed by atoms with Gasteiger partial charge >= 0.3 is 5.97 Å². The van der Waals surface area contributed by atoms with Gasteiger partial charge in [-0.15, -0.1) is 0 Å². The Morgan fingerprint density at radius 3 is 2.33 bits per heavy atom. The van der Waals surface area contributed by atoms with Crippen molar-refractivity contribution in [2.24, 2.45) is 5.41 Å². The Balaban J connectivity index is 1.94. The smallest absolute Gasteiger partial charge is 0.310 e. The molecular weight excluding hydrogens is 256 g/mol. The zero-order valence-corrected chi connectivity index (χ0v) is 11.1. The van der Waals surface area contributed by atoms with E-state index in [9.17, 15) is 18.3 Å². The average molecular weight is 276 g/mol. The third-order valence-electron chi connectivity index (χ3n) is 3.76. The first-order chi connectivity index (χ1) is 8.44. The summed E-state index contributed by atoms with van der Waals surface area (Å²) in [5, 5.41) is 9.32. The van der Waals surface area contributed by atoms with Crippen molar-refractivity contribution in [2.45, 2.75) is 51.0 Å². The predicted octanol–water partition coefficient (Wildman–Crippen LogP) is 0.608. The molecule has 0 heterocycles. The lowest BCUT2D eigenvalue weighted by Crippen LogP contribution is -2.47. The topological polar surface area (TPSA) is 95.5 Å². The summed E-state index contributed by atoms with van der Waals surface area (Å²) in [6.07, 6.45) is 5.56. The molecule has 0 spiro atoms. The van der Waals surface area contributed by atoms with Crippen molar-refractivity contribution in [3.05, 3.63) is 0 Å². The molecule has 0 amide bonds. The highest BCUT2D eigenvalue weighted by Gasteiger charge is 2.40. The van der Waals surface area contributed by atoms with Crippen molar-refractivity contribution < 1.29 is 18.3 Å². The molecule has 2 fully saturated rings. The first-order valence-electron chi connectivity index (χ1n) is 6.44. The van der Waals surface area contributed by atoms with E-state index in [4.69, 9.17) is 0 Å². The normalized spacial score (nSPS) is 23.8. The second kappa shape index (κ2) is 5.14. The van der Waals surface area contributed by atoms with Crippen molar-refractivity contribution >= 4 is 16.2 Å². The van der Waals surface area contributed by atoms with Gasteiger partial charge in [0.2, 0.25) is 0 Å².